The van der Waals surface area contributed by atoms with Crippen LogP contribution in [0, 0.1) is 13.8 Å². The monoisotopic (exact) mass is 384 g/mol. The van der Waals surface area contributed by atoms with Gasteiger partial charge in [-0.15, -0.1) is 0 Å². The Kier molecular flexibility index (Phi) is 9.32. The minimum Gasteiger partial charge on any atom is -0.399 e. The van der Waals surface area contributed by atoms with E-state index in [2.05, 4.69) is 22.7 Å². The van der Waals surface area contributed by atoms with Gasteiger partial charge in [0.15, 0.2) is 9.84 Å². The lowest BCUT2D eigenvalue weighted by Crippen LogP contribution is -2.11. The molecule has 2 heterocycles. The molecule has 1 aromatic heterocycles. The molecule has 3 rings (SSSR count). The van der Waals surface area contributed by atoms with E-state index in [1.165, 1.54) is 11.1 Å². The van der Waals surface area contributed by atoms with Crippen molar-refractivity contribution in [2.24, 2.45) is 0 Å². The van der Waals surface area contributed by atoms with Gasteiger partial charge < -0.3 is 19.7 Å². The third kappa shape index (κ3) is 7.99. The first-order chi connectivity index (χ1) is 12.3. The van der Waals surface area contributed by atoms with Gasteiger partial charge in [0.2, 0.25) is 0 Å². The van der Waals surface area contributed by atoms with Crippen LogP contribution >= 0.6 is 0 Å². The zero-order valence-electron chi connectivity index (χ0n) is 15.8. The molecule has 0 bridgehead atoms. The summed E-state index contributed by atoms with van der Waals surface area (Å²) in [7, 11) is 0.447. The van der Waals surface area contributed by atoms with Crippen LogP contribution in [0.25, 0.3) is 0 Å². The second-order valence-electron chi connectivity index (χ2n) is 6.02. The Labute approximate surface area is 155 Å². The quantitative estimate of drug-likeness (QED) is 0.811. The summed E-state index contributed by atoms with van der Waals surface area (Å²) in [6, 6.07) is 5.95. The Bertz CT molecular complexity index is 725. The van der Waals surface area contributed by atoms with Crippen molar-refractivity contribution in [1.82, 2.24) is 5.16 Å². The van der Waals surface area contributed by atoms with Gasteiger partial charge in [-0.2, -0.15) is 0 Å². The zero-order valence-corrected chi connectivity index (χ0v) is 16.6. The van der Waals surface area contributed by atoms with E-state index < -0.39 is 9.84 Å². The van der Waals surface area contributed by atoms with Crippen molar-refractivity contribution in [2.75, 3.05) is 31.5 Å². The molecule has 0 unspecified atom stereocenters. The molecule has 0 saturated carbocycles. The highest BCUT2D eigenvalue weighted by atomic mass is 32.2. The van der Waals surface area contributed by atoms with E-state index in [1.54, 1.807) is 26.7 Å². The van der Waals surface area contributed by atoms with E-state index in [4.69, 9.17) is 15.2 Å². The molecular formula is C18H28N2O5S. The molecule has 1 atom stereocenters. The fourth-order valence-corrected chi connectivity index (χ4v) is 3.84. The van der Waals surface area contributed by atoms with Gasteiger partial charge in [-0.1, -0.05) is 17.3 Å². The average molecular weight is 384 g/mol. The molecule has 8 heteroatoms. The number of nitrogens with zero attached hydrogens (tertiary/aromatic N) is 1. The van der Waals surface area contributed by atoms with Gasteiger partial charge in [-0.25, -0.2) is 8.42 Å². The lowest BCUT2D eigenvalue weighted by molar-refractivity contribution is 0.124. The molecule has 26 heavy (non-hydrogen) atoms. The number of benzene rings is 1. The summed E-state index contributed by atoms with van der Waals surface area (Å²) in [5, 5.41) is 3.49. The van der Waals surface area contributed by atoms with Gasteiger partial charge >= 0.3 is 0 Å². The lowest BCUT2D eigenvalue weighted by atomic mass is 10.1. The van der Waals surface area contributed by atoms with Crippen LogP contribution in [0.5, 0.6) is 0 Å². The van der Waals surface area contributed by atoms with Crippen molar-refractivity contribution in [1.29, 1.82) is 0 Å². The van der Waals surface area contributed by atoms with Crippen molar-refractivity contribution < 1.29 is 22.4 Å². The highest BCUT2D eigenvalue weighted by Gasteiger charge is 2.27. The normalized spacial score (nSPS) is 17.6. The molecule has 2 N–H and O–H groups in total. The Morgan fingerprint density at radius 1 is 1.31 bits per heavy atom. The van der Waals surface area contributed by atoms with E-state index >= 15 is 0 Å². The molecule has 1 aromatic carbocycles. The molecule has 7 nitrogen and oxygen atoms in total. The second kappa shape index (κ2) is 10.9. The number of aryl methyl sites for hydroxylation is 1. The predicted molar refractivity (Wildman–Crippen MR) is 102 cm³/mol. The summed E-state index contributed by atoms with van der Waals surface area (Å²) in [4.78, 5) is 0. The zero-order chi connectivity index (χ0) is 19.6. The van der Waals surface area contributed by atoms with Gasteiger partial charge in [0.1, 0.15) is 6.26 Å². The first-order valence-corrected chi connectivity index (χ1v) is 10.0. The Morgan fingerprint density at radius 2 is 2.04 bits per heavy atom. The van der Waals surface area contributed by atoms with E-state index in [-0.39, 0.29) is 11.9 Å². The van der Waals surface area contributed by atoms with Crippen LogP contribution < -0.4 is 5.73 Å². The standard InChI is InChI=1S/C8H11N.C5H7NO2.C5H10O3S/c1-6-4-3-5-8(9)7(6)2;1-7-3-5-2-6-8-4-5;1-8-5-2-3-9(6,7)4-5/h3-5H,9H2,1-2H3;2,4H,3H2,1H3;5H,2-4H2,1H3/t;;5-/m..0/s1. The molecule has 0 aliphatic carbocycles. The van der Waals surface area contributed by atoms with Crippen molar-refractivity contribution in [3.05, 3.63) is 47.3 Å². The highest BCUT2D eigenvalue weighted by Crippen LogP contribution is 2.13. The van der Waals surface area contributed by atoms with E-state index in [0.717, 1.165) is 11.3 Å². The van der Waals surface area contributed by atoms with Gasteiger partial charge in [0.05, 0.1) is 30.4 Å². The summed E-state index contributed by atoms with van der Waals surface area (Å²) < 4.78 is 35.6. The molecule has 2 aromatic rings. The van der Waals surface area contributed by atoms with Crippen LogP contribution in [0.1, 0.15) is 23.1 Å². The predicted octanol–water partition coefficient (Wildman–Crippen LogP) is 2.53. The molecular weight excluding hydrogens is 356 g/mol. The summed E-state index contributed by atoms with van der Waals surface area (Å²) in [6.07, 6.45) is 3.81. The number of anilines is 1. The number of ether oxygens (including phenoxy) is 2. The maximum atomic E-state index is 10.7. The van der Waals surface area contributed by atoms with Gasteiger partial charge in [0, 0.05) is 25.5 Å². The minimum absolute atomic E-state index is 0.0463. The topological polar surface area (TPSA) is 105 Å². The fourth-order valence-electron chi connectivity index (χ4n) is 2.19. The van der Waals surface area contributed by atoms with Gasteiger partial charge in [0.25, 0.3) is 0 Å². The maximum Gasteiger partial charge on any atom is 0.152 e. The number of hydrogen-bond acceptors (Lipinski definition) is 7. The van der Waals surface area contributed by atoms with E-state index in [0.29, 0.717) is 18.8 Å². The maximum absolute atomic E-state index is 10.7. The summed E-state index contributed by atoms with van der Waals surface area (Å²) in [6.45, 7) is 4.67. The number of rotatable bonds is 3. The summed E-state index contributed by atoms with van der Waals surface area (Å²) >= 11 is 0. The number of nitrogen functional groups attached to an aromatic ring is 1. The van der Waals surface area contributed by atoms with Crippen LogP contribution in [0.15, 0.2) is 35.2 Å². The molecule has 0 radical (unpaired) electrons. The molecule has 146 valence electrons. The molecule has 1 fully saturated rings. The fraction of sp³-hybridized carbons (Fsp3) is 0.500. The van der Waals surface area contributed by atoms with Crippen LogP contribution in [0.3, 0.4) is 0 Å². The van der Waals surface area contributed by atoms with Crippen LogP contribution in [0.4, 0.5) is 5.69 Å². The van der Waals surface area contributed by atoms with Crippen molar-refractivity contribution in [3.8, 4) is 0 Å². The lowest BCUT2D eigenvalue weighted by Gasteiger charge is -2.00. The number of aromatic nitrogens is 1. The van der Waals surface area contributed by atoms with Crippen molar-refractivity contribution in [3.63, 3.8) is 0 Å². The average Bonchev–Trinajstić information content (AvgIpc) is 3.23. The van der Waals surface area contributed by atoms with Gasteiger partial charge in [-0.05, 0) is 37.5 Å². The molecule has 1 aliphatic heterocycles. The Hall–Kier alpha value is -1.90. The minimum atomic E-state index is -2.73. The first kappa shape index (κ1) is 22.1. The molecule has 1 saturated heterocycles. The summed E-state index contributed by atoms with van der Waals surface area (Å²) in [5.41, 5.74) is 9.92. The van der Waals surface area contributed by atoms with Crippen LogP contribution in [-0.2, 0) is 25.9 Å². The number of sulfone groups is 1. The number of hydrogen-bond donors (Lipinski definition) is 1. The summed E-state index contributed by atoms with van der Waals surface area (Å²) in [5.74, 6) is 0.509. The first-order valence-electron chi connectivity index (χ1n) is 8.21. The SMILES string of the molecule is COCc1cnoc1.CO[C@H]1CCS(=O)(=O)C1.Cc1cccc(N)c1C. The molecule has 0 amide bonds. The van der Waals surface area contributed by atoms with Gasteiger partial charge in [-0.3, -0.25) is 0 Å². The number of methoxy groups -OCH3 is 2. The van der Waals surface area contributed by atoms with Crippen molar-refractivity contribution >= 4 is 15.5 Å². The highest BCUT2D eigenvalue weighted by molar-refractivity contribution is 7.91. The third-order valence-electron chi connectivity index (χ3n) is 3.96. The smallest absolute Gasteiger partial charge is 0.152 e. The van der Waals surface area contributed by atoms with Crippen LogP contribution in [-0.4, -0.2) is 45.4 Å². The van der Waals surface area contributed by atoms with E-state index in [9.17, 15) is 8.42 Å². The Balaban J connectivity index is 0.000000195. The molecule has 1 aliphatic rings. The second-order valence-corrected chi connectivity index (χ2v) is 8.24. The third-order valence-corrected chi connectivity index (χ3v) is 5.70. The largest absolute Gasteiger partial charge is 0.399 e. The molecule has 0 spiro atoms. The van der Waals surface area contributed by atoms with Crippen LogP contribution in [0.2, 0.25) is 0 Å². The Morgan fingerprint density at radius 3 is 2.42 bits per heavy atom. The number of nitrogens with two attached hydrogens (primary N) is 1. The van der Waals surface area contributed by atoms with Crippen molar-refractivity contribution in [2.45, 2.75) is 33.0 Å². The van der Waals surface area contributed by atoms with E-state index in [1.807, 2.05) is 19.1 Å².